The number of hydrogen-bond donors (Lipinski definition) is 2. The molecule has 0 saturated heterocycles. The van der Waals surface area contributed by atoms with Crippen molar-refractivity contribution in [1.82, 2.24) is 9.97 Å². The van der Waals surface area contributed by atoms with Crippen molar-refractivity contribution >= 4 is 75.6 Å². The molecule has 0 spiro atoms. The molecule has 5 aromatic rings. The highest BCUT2D eigenvalue weighted by Crippen LogP contribution is 2.57. The first-order valence-electron chi connectivity index (χ1n) is 25.0. The molecule has 368 valence electrons. The van der Waals surface area contributed by atoms with Crippen molar-refractivity contribution in [1.29, 1.82) is 10.5 Å². The van der Waals surface area contributed by atoms with E-state index in [-0.39, 0.29) is 11.1 Å². The molecule has 2 aromatic heterocycles. The number of carboxylic acid groups (broad SMARTS) is 2. The number of nitrogens with zero attached hydrogens (tertiary/aromatic N) is 5. The molecule has 14 heteroatoms. The second-order valence-electron chi connectivity index (χ2n) is 17.5. The molecule has 70 heavy (non-hydrogen) atoms. The summed E-state index contributed by atoms with van der Waals surface area (Å²) in [4.78, 5) is 39.7. The quantitative estimate of drug-likeness (QED) is 0.0259. The predicted octanol–water partition coefficient (Wildman–Crippen LogP) is 16.0. The summed E-state index contributed by atoms with van der Waals surface area (Å²) in [6.45, 7) is 9.83. The van der Waals surface area contributed by atoms with E-state index in [9.17, 15) is 30.3 Å². The van der Waals surface area contributed by atoms with Gasteiger partial charge in [-0.2, -0.15) is 10.5 Å². The van der Waals surface area contributed by atoms with Crippen LogP contribution < -0.4 is 14.4 Å². The molecule has 0 aliphatic carbocycles. The van der Waals surface area contributed by atoms with Gasteiger partial charge < -0.3 is 24.6 Å². The number of carbonyl (C=O) groups is 2. The molecule has 11 nitrogen and oxygen atoms in total. The topological polar surface area (TPSA) is 170 Å². The van der Waals surface area contributed by atoms with E-state index in [1.54, 1.807) is 11.8 Å². The van der Waals surface area contributed by atoms with Crippen LogP contribution in [0.4, 0.5) is 17.1 Å². The van der Waals surface area contributed by atoms with Gasteiger partial charge in [0.1, 0.15) is 50.5 Å². The van der Waals surface area contributed by atoms with Crippen LogP contribution in [0.5, 0.6) is 11.5 Å². The number of rotatable bonds is 29. The molecule has 0 amide bonds. The minimum absolute atomic E-state index is 0.330. The average Bonchev–Trinajstić information content (AvgIpc) is 3.97. The third-order valence-corrected chi connectivity index (χ3v) is 15.3. The van der Waals surface area contributed by atoms with E-state index in [0.29, 0.717) is 47.3 Å². The maximum Gasteiger partial charge on any atom is 0.346 e. The second kappa shape index (κ2) is 27.5. The number of thiazole rings is 2. The molecule has 2 N–H and O–H groups in total. The Balaban J connectivity index is 1.51. The summed E-state index contributed by atoms with van der Waals surface area (Å²) in [5, 5.41) is 40.4. The molecule has 0 saturated carbocycles. The van der Waals surface area contributed by atoms with E-state index in [4.69, 9.17) is 19.4 Å². The molecule has 0 unspecified atom stereocenters. The highest BCUT2D eigenvalue weighted by Gasteiger charge is 2.31. The first kappa shape index (κ1) is 53.4. The van der Waals surface area contributed by atoms with Gasteiger partial charge in [0.15, 0.2) is 0 Å². The van der Waals surface area contributed by atoms with Gasteiger partial charge in [-0.1, -0.05) is 123 Å². The number of nitriles is 2. The summed E-state index contributed by atoms with van der Waals surface area (Å²) in [5.41, 5.74) is 5.29. The Morgan fingerprint density at radius 1 is 0.600 bits per heavy atom. The van der Waals surface area contributed by atoms with Gasteiger partial charge in [0.2, 0.25) is 0 Å². The summed E-state index contributed by atoms with van der Waals surface area (Å²) in [5.74, 6) is -1.11. The number of anilines is 3. The Labute approximate surface area is 425 Å². The zero-order valence-corrected chi connectivity index (χ0v) is 43.4. The summed E-state index contributed by atoms with van der Waals surface area (Å²) >= 11 is 4.41. The number of carboxylic acids is 2. The van der Waals surface area contributed by atoms with Crippen molar-refractivity contribution in [2.75, 3.05) is 18.1 Å². The van der Waals surface area contributed by atoms with Gasteiger partial charge in [-0.05, 0) is 99.2 Å². The Hall–Kier alpha value is -5.93. The van der Waals surface area contributed by atoms with E-state index >= 15 is 0 Å². The van der Waals surface area contributed by atoms with Gasteiger partial charge in [0.25, 0.3) is 0 Å². The molecule has 1 aliphatic heterocycles. The van der Waals surface area contributed by atoms with E-state index in [0.717, 1.165) is 162 Å². The average molecular weight is 1000 g/mol. The second-order valence-corrected chi connectivity index (χ2v) is 20.6. The molecule has 0 radical (unpaired) electrons. The van der Waals surface area contributed by atoms with Crippen molar-refractivity contribution in [2.24, 2.45) is 0 Å². The summed E-state index contributed by atoms with van der Waals surface area (Å²) in [6.07, 6.45) is 21.0. The third-order valence-electron chi connectivity index (χ3n) is 12.1. The fourth-order valence-electron chi connectivity index (χ4n) is 8.24. The highest BCUT2D eigenvalue weighted by atomic mass is 32.2. The molecule has 3 aromatic carbocycles. The van der Waals surface area contributed by atoms with Crippen molar-refractivity contribution in [2.45, 2.75) is 153 Å². The molecule has 0 atom stereocenters. The van der Waals surface area contributed by atoms with Crippen LogP contribution in [0, 0.1) is 22.7 Å². The molecule has 6 rings (SSSR count). The zero-order chi connectivity index (χ0) is 49.8. The number of ether oxygens (including phenoxy) is 2. The Morgan fingerprint density at radius 3 is 1.40 bits per heavy atom. The lowest BCUT2D eigenvalue weighted by atomic mass is 10.1. The fourth-order valence-corrected chi connectivity index (χ4v) is 11.5. The standard InChI is InChI=1S/C56H65N5O6S3/c1-5-9-13-17-22-42-48(34-40(36-57)55(62)63)69-53(59-42)38-26-28-44-50(32-38)68-51-33-39(54-60-43(23-18-14-10-6-2)49(70-54)35-41(37-58)56(64)65)27-29-45(51)61(44)52-46(66-30-19-15-11-7-3)24-21-25-47(52)67-31-20-16-12-8-4/h21,24-29,32-35H,5-20,22-23,30-31H2,1-4H3,(H,62,63)(H,64,65)/b40-34-,41-35+. The van der Waals surface area contributed by atoms with Crippen LogP contribution >= 0.6 is 34.4 Å². The van der Waals surface area contributed by atoms with Crippen LogP contribution in [0.15, 0.2) is 75.5 Å². The van der Waals surface area contributed by atoms with Gasteiger partial charge >= 0.3 is 11.9 Å². The summed E-state index contributed by atoms with van der Waals surface area (Å²) in [7, 11) is 0. The number of aliphatic carboxylic acids is 2. The van der Waals surface area contributed by atoms with Crippen molar-refractivity contribution in [3.8, 4) is 44.8 Å². The molecular weight excluding hydrogens is 935 g/mol. The normalized spacial score (nSPS) is 12.3. The predicted molar refractivity (Wildman–Crippen MR) is 285 cm³/mol. The largest absolute Gasteiger partial charge is 0.491 e. The third kappa shape index (κ3) is 14.1. The minimum atomic E-state index is -1.27. The molecule has 0 fully saturated rings. The van der Waals surface area contributed by atoms with Gasteiger partial charge in [0.05, 0.1) is 45.7 Å². The number of hydrogen-bond acceptors (Lipinski definition) is 12. The Kier molecular flexibility index (Phi) is 21.0. The Bertz CT molecular complexity index is 2550. The lowest BCUT2D eigenvalue weighted by molar-refractivity contribution is -0.133. The van der Waals surface area contributed by atoms with Crippen LogP contribution in [0.25, 0.3) is 33.3 Å². The first-order valence-corrected chi connectivity index (χ1v) is 27.4. The molecule has 1 aliphatic rings. The lowest BCUT2D eigenvalue weighted by Crippen LogP contribution is -2.18. The molecular formula is C56H65N5O6S3. The number of para-hydroxylation sites is 1. The number of fused-ring (bicyclic) bond motifs is 2. The van der Waals surface area contributed by atoms with Gasteiger partial charge in [-0.25, -0.2) is 19.6 Å². The van der Waals surface area contributed by atoms with E-state index in [1.807, 2.05) is 30.3 Å². The number of aromatic nitrogens is 2. The smallest absolute Gasteiger partial charge is 0.346 e. The highest BCUT2D eigenvalue weighted by molar-refractivity contribution is 7.99. The minimum Gasteiger partial charge on any atom is -0.491 e. The van der Waals surface area contributed by atoms with E-state index in [1.165, 1.54) is 34.8 Å². The number of unbranched alkanes of at least 4 members (excludes halogenated alkanes) is 12. The summed E-state index contributed by atoms with van der Waals surface area (Å²) in [6, 6.07) is 22.3. The Morgan fingerprint density at radius 2 is 1.01 bits per heavy atom. The van der Waals surface area contributed by atoms with Crippen LogP contribution in [0.1, 0.15) is 152 Å². The van der Waals surface area contributed by atoms with E-state index < -0.39 is 11.9 Å². The zero-order valence-electron chi connectivity index (χ0n) is 41.0. The van der Waals surface area contributed by atoms with Crippen molar-refractivity contribution < 1.29 is 29.3 Å². The number of benzene rings is 3. The molecule has 0 bridgehead atoms. The molecule has 3 heterocycles. The van der Waals surface area contributed by atoms with Gasteiger partial charge in [0, 0.05) is 20.9 Å². The summed E-state index contributed by atoms with van der Waals surface area (Å²) < 4.78 is 13.4. The SMILES string of the molecule is CCCCCCOc1cccc(OCCCCCC)c1N1c2ccc(-c3nc(CCCCCC)c(/C=C(/C#N)C(=O)O)s3)cc2Sc2cc(-c3nc(CCCCCC)c(/C=C(\C#N)C(=O)O)s3)ccc21. The maximum absolute atomic E-state index is 12.0. The van der Waals surface area contributed by atoms with E-state index in [2.05, 4.69) is 69.0 Å². The maximum atomic E-state index is 12.0. The van der Waals surface area contributed by atoms with Gasteiger partial charge in [-0.15, -0.1) is 22.7 Å². The fraction of sp³-hybridized carbons (Fsp3) is 0.429. The van der Waals surface area contributed by atoms with Gasteiger partial charge in [-0.3, -0.25) is 0 Å². The van der Waals surface area contributed by atoms with Crippen molar-refractivity contribution in [3.63, 3.8) is 0 Å². The first-order chi connectivity index (χ1) is 34.1. The van der Waals surface area contributed by atoms with Crippen LogP contribution in [-0.2, 0) is 22.4 Å². The van der Waals surface area contributed by atoms with Crippen molar-refractivity contribution in [3.05, 3.63) is 86.9 Å². The number of aryl methyl sites for hydroxylation is 2. The lowest BCUT2D eigenvalue weighted by Gasteiger charge is -2.35. The van der Waals surface area contributed by atoms with Crippen LogP contribution in [-0.4, -0.2) is 45.3 Å². The van der Waals surface area contributed by atoms with Crippen LogP contribution in [0.2, 0.25) is 0 Å². The monoisotopic (exact) mass is 999 g/mol. The van der Waals surface area contributed by atoms with Crippen LogP contribution in [0.3, 0.4) is 0 Å².